The van der Waals surface area contributed by atoms with Crippen LogP contribution in [0.3, 0.4) is 0 Å². The first-order chi connectivity index (χ1) is 9.69. The average molecular weight is 332 g/mol. The quantitative estimate of drug-likeness (QED) is 0.677. The molecule has 0 aliphatic rings. The summed E-state index contributed by atoms with van der Waals surface area (Å²) in [5.74, 6) is -0.475. The third-order valence-corrected chi connectivity index (χ3v) is 3.36. The van der Waals surface area contributed by atoms with Crippen LogP contribution in [-0.2, 0) is 4.74 Å². The van der Waals surface area contributed by atoms with Crippen molar-refractivity contribution in [3.05, 3.63) is 53.0 Å². The number of imidazole rings is 1. The van der Waals surface area contributed by atoms with Gasteiger partial charge in [-0.3, -0.25) is 0 Å². The molecular weight excluding hydrogens is 322 g/mol. The lowest BCUT2D eigenvalue weighted by atomic mass is 10.1. The third-order valence-electron chi connectivity index (χ3n) is 2.87. The highest BCUT2D eigenvalue weighted by Gasteiger charge is 2.14. The highest BCUT2D eigenvalue weighted by Crippen LogP contribution is 2.25. The largest absolute Gasteiger partial charge is 0.464 e. The Morgan fingerprint density at radius 2 is 2.25 bits per heavy atom. The predicted molar refractivity (Wildman–Crippen MR) is 77.5 cm³/mol. The number of carbonyl (C=O) groups excluding carboxylic acids is 1. The van der Waals surface area contributed by atoms with Crippen molar-refractivity contribution in [3.63, 3.8) is 0 Å². The number of rotatable bonds is 2. The molecule has 0 saturated carbocycles. The van der Waals surface area contributed by atoms with Gasteiger partial charge < -0.3 is 9.14 Å². The van der Waals surface area contributed by atoms with Gasteiger partial charge in [0.1, 0.15) is 5.69 Å². The van der Waals surface area contributed by atoms with Gasteiger partial charge in [0.25, 0.3) is 0 Å². The van der Waals surface area contributed by atoms with Crippen molar-refractivity contribution in [1.29, 1.82) is 0 Å². The number of carbonyl (C=O) groups is 1. The second-order valence-electron chi connectivity index (χ2n) is 4.13. The molecule has 1 aromatic carbocycles. The molecule has 2 heterocycles. The molecule has 2 aromatic heterocycles. The minimum absolute atomic E-state index is 0.243. The van der Waals surface area contributed by atoms with Crippen LogP contribution in [0.5, 0.6) is 0 Å². The van der Waals surface area contributed by atoms with Crippen LogP contribution in [0, 0.1) is 0 Å². The molecule has 6 heteroatoms. The van der Waals surface area contributed by atoms with Crippen LogP contribution in [0.1, 0.15) is 10.5 Å². The van der Waals surface area contributed by atoms with Crippen LogP contribution in [0.2, 0.25) is 0 Å². The van der Waals surface area contributed by atoms with Gasteiger partial charge in [-0.2, -0.15) is 0 Å². The lowest BCUT2D eigenvalue weighted by molar-refractivity contribution is 0.0593. The molecule has 0 atom stereocenters. The van der Waals surface area contributed by atoms with Gasteiger partial charge in [-0.05, 0) is 12.1 Å². The highest BCUT2D eigenvalue weighted by atomic mass is 79.9. The van der Waals surface area contributed by atoms with Gasteiger partial charge in [0.15, 0.2) is 11.3 Å². The second kappa shape index (κ2) is 5.05. The Morgan fingerprint density at radius 1 is 1.40 bits per heavy atom. The van der Waals surface area contributed by atoms with E-state index in [0.717, 1.165) is 10.0 Å². The number of aromatic nitrogens is 3. The van der Waals surface area contributed by atoms with E-state index in [1.807, 2.05) is 24.3 Å². The molecule has 100 valence electrons. The molecule has 20 heavy (non-hydrogen) atoms. The Bertz CT molecular complexity index is 798. The summed E-state index contributed by atoms with van der Waals surface area (Å²) in [4.78, 5) is 20.4. The number of halogens is 1. The van der Waals surface area contributed by atoms with E-state index in [2.05, 4.69) is 25.9 Å². The van der Waals surface area contributed by atoms with Gasteiger partial charge in [0, 0.05) is 28.6 Å². The van der Waals surface area contributed by atoms with Crippen molar-refractivity contribution >= 4 is 27.5 Å². The van der Waals surface area contributed by atoms with Crippen molar-refractivity contribution in [2.45, 2.75) is 0 Å². The molecular formula is C14H10BrN3O2. The standard InChI is InChI=1S/C14H10BrN3O2/c1-20-14(19)11-8-18-6-5-16-13(18)12(17-11)9-3-2-4-10(15)7-9/h2-8H,1H3. The fourth-order valence-corrected chi connectivity index (χ4v) is 2.36. The van der Waals surface area contributed by atoms with Crippen LogP contribution >= 0.6 is 15.9 Å². The molecule has 0 aliphatic carbocycles. The lowest BCUT2D eigenvalue weighted by Crippen LogP contribution is -2.07. The molecule has 0 amide bonds. The molecule has 0 saturated heterocycles. The summed E-state index contributed by atoms with van der Waals surface area (Å²) in [6.07, 6.45) is 5.04. The van der Waals surface area contributed by atoms with E-state index < -0.39 is 5.97 Å². The number of benzene rings is 1. The number of hydrogen-bond donors (Lipinski definition) is 0. The zero-order valence-corrected chi connectivity index (χ0v) is 12.2. The maximum absolute atomic E-state index is 11.7. The normalized spacial score (nSPS) is 10.7. The Hall–Kier alpha value is -2.21. The predicted octanol–water partition coefficient (Wildman–Crippen LogP) is 2.95. The Balaban J connectivity index is 2.27. The van der Waals surface area contributed by atoms with Gasteiger partial charge in [-0.1, -0.05) is 28.1 Å². The van der Waals surface area contributed by atoms with Gasteiger partial charge >= 0.3 is 5.97 Å². The number of nitrogens with zero attached hydrogens (tertiary/aromatic N) is 3. The first-order valence-electron chi connectivity index (χ1n) is 5.87. The Labute approximate surface area is 123 Å². The summed E-state index contributed by atoms with van der Waals surface area (Å²) in [5, 5.41) is 0. The van der Waals surface area contributed by atoms with E-state index in [-0.39, 0.29) is 5.69 Å². The van der Waals surface area contributed by atoms with Gasteiger partial charge in [0.05, 0.1) is 7.11 Å². The van der Waals surface area contributed by atoms with Gasteiger partial charge in [0.2, 0.25) is 0 Å². The molecule has 3 aromatic rings. The van der Waals surface area contributed by atoms with Crippen molar-refractivity contribution < 1.29 is 9.53 Å². The molecule has 5 nitrogen and oxygen atoms in total. The summed E-state index contributed by atoms with van der Waals surface area (Å²) in [5.41, 5.74) is 2.45. The first-order valence-corrected chi connectivity index (χ1v) is 6.66. The maximum atomic E-state index is 11.7. The van der Waals surface area contributed by atoms with E-state index in [1.165, 1.54) is 7.11 Å². The Morgan fingerprint density at radius 3 is 3.00 bits per heavy atom. The van der Waals surface area contributed by atoms with Crippen LogP contribution in [0.15, 0.2) is 47.3 Å². The fraction of sp³-hybridized carbons (Fsp3) is 0.0714. The zero-order valence-electron chi connectivity index (χ0n) is 10.6. The van der Waals surface area contributed by atoms with Crippen LogP contribution in [0.25, 0.3) is 16.9 Å². The van der Waals surface area contributed by atoms with E-state index in [4.69, 9.17) is 4.74 Å². The van der Waals surface area contributed by atoms with Gasteiger partial charge in [-0.15, -0.1) is 0 Å². The molecule has 0 aliphatic heterocycles. The van der Waals surface area contributed by atoms with Crippen molar-refractivity contribution in [2.24, 2.45) is 0 Å². The van der Waals surface area contributed by atoms with Crippen molar-refractivity contribution in [1.82, 2.24) is 14.4 Å². The number of esters is 1. The molecule has 0 N–H and O–H groups in total. The summed E-state index contributed by atoms with van der Waals surface area (Å²) in [6, 6.07) is 7.68. The van der Waals surface area contributed by atoms with E-state index in [9.17, 15) is 4.79 Å². The number of hydrogen-bond acceptors (Lipinski definition) is 4. The number of ether oxygens (including phenoxy) is 1. The average Bonchev–Trinajstić information content (AvgIpc) is 2.93. The SMILES string of the molecule is COC(=O)c1cn2ccnc2c(-c2cccc(Br)c2)n1. The second-order valence-corrected chi connectivity index (χ2v) is 5.05. The summed E-state index contributed by atoms with van der Waals surface area (Å²) in [7, 11) is 1.33. The number of fused-ring (bicyclic) bond motifs is 1. The summed E-state index contributed by atoms with van der Waals surface area (Å²) >= 11 is 3.43. The molecule has 0 unspecified atom stereocenters. The molecule has 0 fully saturated rings. The molecule has 0 radical (unpaired) electrons. The number of methoxy groups -OCH3 is 1. The smallest absolute Gasteiger partial charge is 0.358 e. The maximum Gasteiger partial charge on any atom is 0.358 e. The van der Waals surface area contributed by atoms with E-state index >= 15 is 0 Å². The third kappa shape index (κ3) is 2.18. The van der Waals surface area contributed by atoms with Gasteiger partial charge in [-0.25, -0.2) is 14.8 Å². The summed E-state index contributed by atoms with van der Waals surface area (Å²) in [6.45, 7) is 0. The van der Waals surface area contributed by atoms with E-state index in [1.54, 1.807) is 23.0 Å². The van der Waals surface area contributed by atoms with Crippen LogP contribution in [0.4, 0.5) is 0 Å². The van der Waals surface area contributed by atoms with Crippen molar-refractivity contribution in [3.8, 4) is 11.3 Å². The monoisotopic (exact) mass is 331 g/mol. The first kappa shape index (κ1) is 12.8. The lowest BCUT2D eigenvalue weighted by Gasteiger charge is -2.07. The Kier molecular flexibility index (Phi) is 3.23. The van der Waals surface area contributed by atoms with Crippen LogP contribution in [-0.4, -0.2) is 27.4 Å². The topological polar surface area (TPSA) is 56.5 Å². The fourth-order valence-electron chi connectivity index (χ4n) is 1.96. The minimum atomic E-state index is -0.475. The minimum Gasteiger partial charge on any atom is -0.464 e. The summed E-state index contributed by atoms with van der Waals surface area (Å²) < 4.78 is 7.43. The highest BCUT2D eigenvalue weighted by molar-refractivity contribution is 9.10. The molecule has 0 spiro atoms. The van der Waals surface area contributed by atoms with Crippen molar-refractivity contribution in [2.75, 3.05) is 7.11 Å². The zero-order chi connectivity index (χ0) is 14.1. The van der Waals surface area contributed by atoms with E-state index in [0.29, 0.717) is 11.3 Å². The van der Waals surface area contributed by atoms with Crippen LogP contribution < -0.4 is 0 Å². The molecule has 0 bridgehead atoms. The molecule has 3 rings (SSSR count).